The fourth-order valence-corrected chi connectivity index (χ4v) is 7.13. The van der Waals surface area contributed by atoms with Crippen molar-refractivity contribution in [1.82, 2.24) is 5.32 Å². The van der Waals surface area contributed by atoms with E-state index in [9.17, 15) is 19.8 Å². The lowest BCUT2D eigenvalue weighted by atomic mass is 10.0. The Labute approximate surface area is 335 Å². The van der Waals surface area contributed by atoms with Crippen LogP contribution in [0.15, 0.2) is 24.3 Å². The maximum atomic E-state index is 13.1. The molecule has 1 amide bonds. The standard InChI is InChI=1S/C48H91NO5/c1-4-7-10-13-16-19-21-22-23-24-26-29-32-35-38-41-48(53)54-44(39-36-33-30-28-25-20-17-14-11-8-5-2)42-47(52)49-45(43-50)46(51)40-37-34-31-27-18-15-12-9-6-3/h19,21,28,30,44-46,50-51H,4-18,20,22-27,29,31-43H2,1-3H3,(H,49,52)/b21-19-,30-28-. The monoisotopic (exact) mass is 762 g/mol. The summed E-state index contributed by atoms with van der Waals surface area (Å²) in [5.74, 6) is -0.504. The molecule has 0 radical (unpaired) electrons. The Morgan fingerprint density at radius 3 is 1.37 bits per heavy atom. The van der Waals surface area contributed by atoms with Crippen molar-refractivity contribution in [3.8, 4) is 0 Å². The smallest absolute Gasteiger partial charge is 0.306 e. The summed E-state index contributed by atoms with van der Waals surface area (Å²) in [6, 6.07) is -0.704. The van der Waals surface area contributed by atoms with E-state index in [1.165, 1.54) is 141 Å². The van der Waals surface area contributed by atoms with E-state index in [0.717, 1.165) is 57.8 Å². The Hall–Kier alpha value is -1.66. The van der Waals surface area contributed by atoms with Gasteiger partial charge in [-0.15, -0.1) is 0 Å². The zero-order chi connectivity index (χ0) is 39.6. The van der Waals surface area contributed by atoms with E-state index in [0.29, 0.717) is 19.3 Å². The number of carbonyl (C=O) groups is 2. The van der Waals surface area contributed by atoms with Gasteiger partial charge in [-0.25, -0.2) is 0 Å². The number of unbranched alkanes of at least 4 members (excludes halogenated alkanes) is 26. The molecule has 0 rings (SSSR count). The number of allylic oxidation sites excluding steroid dienone is 4. The molecule has 0 aromatic heterocycles. The fourth-order valence-electron chi connectivity index (χ4n) is 7.13. The minimum atomic E-state index is -0.789. The summed E-state index contributed by atoms with van der Waals surface area (Å²) in [5, 5.41) is 23.6. The molecule has 6 heteroatoms. The van der Waals surface area contributed by atoms with Crippen LogP contribution in [0.4, 0.5) is 0 Å². The van der Waals surface area contributed by atoms with E-state index in [-0.39, 0.29) is 24.9 Å². The van der Waals surface area contributed by atoms with Gasteiger partial charge in [-0.1, -0.05) is 186 Å². The summed E-state index contributed by atoms with van der Waals surface area (Å²) < 4.78 is 5.89. The average Bonchev–Trinajstić information content (AvgIpc) is 3.16. The van der Waals surface area contributed by atoms with Gasteiger partial charge in [0.1, 0.15) is 6.10 Å². The molecule has 0 bridgehead atoms. The molecule has 0 saturated carbocycles. The quantitative estimate of drug-likeness (QED) is 0.0327. The number of nitrogens with one attached hydrogen (secondary N) is 1. The van der Waals surface area contributed by atoms with Crippen LogP contribution >= 0.6 is 0 Å². The molecule has 0 aliphatic carbocycles. The zero-order valence-electron chi connectivity index (χ0n) is 36.1. The van der Waals surface area contributed by atoms with Crippen LogP contribution in [0.25, 0.3) is 0 Å². The van der Waals surface area contributed by atoms with Gasteiger partial charge in [-0.3, -0.25) is 9.59 Å². The van der Waals surface area contributed by atoms with Crippen molar-refractivity contribution in [2.45, 2.75) is 264 Å². The number of rotatable bonds is 42. The number of esters is 1. The number of ether oxygens (including phenoxy) is 1. The maximum Gasteiger partial charge on any atom is 0.306 e. The molecule has 318 valence electrons. The molecule has 0 spiro atoms. The highest BCUT2D eigenvalue weighted by Gasteiger charge is 2.24. The second-order valence-corrected chi connectivity index (χ2v) is 16.2. The molecule has 0 aromatic rings. The average molecular weight is 762 g/mol. The largest absolute Gasteiger partial charge is 0.462 e. The fraction of sp³-hybridized carbons (Fsp3) is 0.875. The molecule has 0 fully saturated rings. The minimum absolute atomic E-state index is 0.0580. The molecule has 0 saturated heterocycles. The molecule has 0 aromatic carbocycles. The van der Waals surface area contributed by atoms with Crippen molar-refractivity contribution in [3.05, 3.63) is 24.3 Å². The van der Waals surface area contributed by atoms with Gasteiger partial charge >= 0.3 is 5.97 Å². The van der Waals surface area contributed by atoms with Gasteiger partial charge in [0.15, 0.2) is 0 Å². The third-order valence-corrected chi connectivity index (χ3v) is 10.8. The van der Waals surface area contributed by atoms with E-state index in [4.69, 9.17) is 4.74 Å². The Morgan fingerprint density at radius 1 is 0.519 bits per heavy atom. The first kappa shape index (κ1) is 52.3. The SMILES string of the molecule is CCCCCC/C=C\CCCCCCCCCC(=O)OC(CCC/C=C\CCCCCCCC)CC(=O)NC(CO)C(O)CCCCCCCCCCC. The summed E-state index contributed by atoms with van der Waals surface area (Å²) >= 11 is 0. The Kier molecular flexibility index (Phi) is 41.2. The number of amides is 1. The van der Waals surface area contributed by atoms with Crippen LogP contribution in [0, 0.1) is 0 Å². The third-order valence-electron chi connectivity index (χ3n) is 10.8. The molecule has 0 aliphatic heterocycles. The summed E-state index contributed by atoms with van der Waals surface area (Å²) in [6.07, 6.45) is 46.7. The molecule has 3 atom stereocenters. The van der Waals surface area contributed by atoms with Crippen LogP contribution in [0.3, 0.4) is 0 Å². The maximum absolute atomic E-state index is 13.1. The van der Waals surface area contributed by atoms with E-state index in [1.807, 2.05) is 0 Å². The van der Waals surface area contributed by atoms with Crippen molar-refractivity contribution in [2.24, 2.45) is 0 Å². The predicted octanol–water partition coefficient (Wildman–Crippen LogP) is 13.6. The second kappa shape index (κ2) is 42.5. The van der Waals surface area contributed by atoms with Crippen molar-refractivity contribution < 1.29 is 24.5 Å². The molecule has 0 aliphatic rings. The van der Waals surface area contributed by atoms with Crippen LogP contribution in [0.5, 0.6) is 0 Å². The topological polar surface area (TPSA) is 95.9 Å². The Morgan fingerprint density at radius 2 is 0.907 bits per heavy atom. The summed E-state index contributed by atoms with van der Waals surface area (Å²) in [7, 11) is 0. The van der Waals surface area contributed by atoms with Gasteiger partial charge < -0.3 is 20.3 Å². The Bertz CT molecular complexity index is 858. The summed E-state index contributed by atoms with van der Waals surface area (Å²) in [5.41, 5.74) is 0. The molecule has 3 N–H and O–H groups in total. The van der Waals surface area contributed by atoms with E-state index >= 15 is 0 Å². The Balaban J connectivity index is 4.57. The highest BCUT2D eigenvalue weighted by Crippen LogP contribution is 2.17. The lowest BCUT2D eigenvalue weighted by Crippen LogP contribution is -2.46. The summed E-state index contributed by atoms with van der Waals surface area (Å²) in [4.78, 5) is 26.0. The highest BCUT2D eigenvalue weighted by molar-refractivity contribution is 5.77. The first-order valence-corrected chi connectivity index (χ1v) is 23.6. The van der Waals surface area contributed by atoms with E-state index in [2.05, 4.69) is 50.4 Å². The van der Waals surface area contributed by atoms with Crippen LogP contribution in [-0.4, -0.2) is 46.9 Å². The van der Waals surface area contributed by atoms with Gasteiger partial charge in [0.05, 0.1) is 25.2 Å². The number of hydrogen-bond acceptors (Lipinski definition) is 5. The second-order valence-electron chi connectivity index (χ2n) is 16.2. The van der Waals surface area contributed by atoms with Crippen LogP contribution in [0.2, 0.25) is 0 Å². The van der Waals surface area contributed by atoms with Crippen LogP contribution in [0.1, 0.15) is 245 Å². The van der Waals surface area contributed by atoms with Crippen molar-refractivity contribution in [1.29, 1.82) is 0 Å². The molecule has 54 heavy (non-hydrogen) atoms. The first-order valence-electron chi connectivity index (χ1n) is 23.6. The molecular weight excluding hydrogens is 671 g/mol. The van der Waals surface area contributed by atoms with Crippen molar-refractivity contribution in [2.75, 3.05) is 6.61 Å². The normalized spacial score (nSPS) is 13.5. The van der Waals surface area contributed by atoms with Gasteiger partial charge in [-0.05, 0) is 70.6 Å². The van der Waals surface area contributed by atoms with Crippen LogP contribution in [-0.2, 0) is 14.3 Å². The van der Waals surface area contributed by atoms with Crippen molar-refractivity contribution in [3.63, 3.8) is 0 Å². The molecule has 6 nitrogen and oxygen atoms in total. The number of aliphatic hydroxyl groups excluding tert-OH is 2. The molecule has 0 heterocycles. The minimum Gasteiger partial charge on any atom is -0.462 e. The van der Waals surface area contributed by atoms with Crippen molar-refractivity contribution >= 4 is 11.9 Å². The first-order chi connectivity index (χ1) is 26.5. The van der Waals surface area contributed by atoms with E-state index < -0.39 is 18.2 Å². The number of carbonyl (C=O) groups excluding carboxylic acids is 2. The van der Waals surface area contributed by atoms with Gasteiger partial charge in [0.25, 0.3) is 0 Å². The van der Waals surface area contributed by atoms with Gasteiger partial charge in [0.2, 0.25) is 5.91 Å². The number of aliphatic hydroxyl groups is 2. The molecule has 3 unspecified atom stereocenters. The predicted molar refractivity (Wildman–Crippen MR) is 232 cm³/mol. The lowest BCUT2D eigenvalue weighted by molar-refractivity contribution is -0.151. The zero-order valence-corrected chi connectivity index (χ0v) is 36.1. The lowest BCUT2D eigenvalue weighted by Gasteiger charge is -2.24. The van der Waals surface area contributed by atoms with Crippen LogP contribution < -0.4 is 5.32 Å². The van der Waals surface area contributed by atoms with E-state index in [1.54, 1.807) is 0 Å². The number of hydrogen-bond donors (Lipinski definition) is 3. The highest BCUT2D eigenvalue weighted by atomic mass is 16.5. The molecular formula is C48H91NO5. The van der Waals surface area contributed by atoms with Gasteiger partial charge in [0, 0.05) is 6.42 Å². The van der Waals surface area contributed by atoms with Gasteiger partial charge in [-0.2, -0.15) is 0 Å². The summed E-state index contributed by atoms with van der Waals surface area (Å²) in [6.45, 7) is 6.43. The third kappa shape index (κ3) is 37.3.